The molecule has 2 fully saturated rings. The number of halogens is 1. The molecule has 6 rings (SSSR count). The SMILES string of the molecule is Cc1cccc2cccc(N3CCc4c(nc(OC[C@H]5C[C@@H](F)CN5C)nc4N4CCN(C(=O)/C=C/CO)[C@@H]([C@@H]([Si])C#N)C4)C3)c12. The largest absolute Gasteiger partial charge is 0.462 e. The van der Waals surface area contributed by atoms with E-state index in [1.54, 1.807) is 4.90 Å². The Morgan fingerprint density at radius 2 is 2.00 bits per heavy atom. The van der Waals surface area contributed by atoms with Gasteiger partial charge < -0.3 is 24.5 Å². The van der Waals surface area contributed by atoms with Gasteiger partial charge in [0.05, 0.1) is 46.7 Å². The molecule has 3 aliphatic rings. The standard InChI is InChI=1S/C34H39FN7O3Si/c1-22-6-3-7-23-8-4-9-28(32(22)23)40-12-11-26-27(19-40)37-34(45-21-25-16-24(35)18-39(25)2)38-33(26)41-13-14-42(31(44)10-5-15-43)29(20-41)30(46)17-36/h3-10,24-25,29-30,43H,11-16,18-21H2,1-2H3/b10-5+/t24-,25-,29-,30+/m1/s1. The van der Waals surface area contributed by atoms with Gasteiger partial charge in [-0.1, -0.05) is 36.4 Å². The number of aliphatic hydroxyl groups excluding tert-OH is 1. The molecule has 3 aromatic rings. The van der Waals surface area contributed by atoms with Crippen LogP contribution in [0.4, 0.5) is 15.9 Å². The Morgan fingerprint density at radius 1 is 1.20 bits per heavy atom. The van der Waals surface area contributed by atoms with E-state index in [0.29, 0.717) is 45.6 Å². The van der Waals surface area contributed by atoms with Gasteiger partial charge in [-0.05, 0) is 43.8 Å². The second-order valence-corrected chi connectivity index (χ2v) is 13.0. The molecule has 0 aliphatic carbocycles. The predicted molar refractivity (Wildman–Crippen MR) is 176 cm³/mol. The number of anilines is 2. The molecule has 4 atom stereocenters. The third-order valence-electron chi connectivity index (χ3n) is 9.39. The number of hydrogen-bond acceptors (Lipinski definition) is 9. The van der Waals surface area contributed by atoms with Gasteiger partial charge in [0.25, 0.3) is 0 Å². The van der Waals surface area contributed by atoms with E-state index in [2.05, 4.69) is 69.4 Å². The minimum absolute atomic E-state index is 0.0660. The predicted octanol–water partition coefficient (Wildman–Crippen LogP) is 2.97. The Labute approximate surface area is 272 Å². The number of piperazine rings is 1. The lowest BCUT2D eigenvalue weighted by Crippen LogP contribution is -2.57. The third-order valence-corrected chi connectivity index (χ3v) is 9.90. The van der Waals surface area contributed by atoms with Crippen LogP contribution in [0.2, 0.25) is 5.54 Å². The van der Waals surface area contributed by atoms with E-state index in [1.165, 1.54) is 28.5 Å². The first kappa shape index (κ1) is 31.9. The number of aromatic nitrogens is 2. The Bertz CT molecular complexity index is 1660. The number of likely N-dealkylation sites (N-methyl/N-ethyl adjacent to an activating group) is 1. The highest BCUT2D eigenvalue weighted by molar-refractivity contribution is 6.14. The number of alkyl halides is 1. The minimum Gasteiger partial charge on any atom is -0.462 e. The molecular formula is C34H39FN7O3Si. The highest BCUT2D eigenvalue weighted by Crippen LogP contribution is 2.36. The monoisotopic (exact) mass is 640 g/mol. The van der Waals surface area contributed by atoms with Gasteiger partial charge in [0.2, 0.25) is 5.91 Å². The van der Waals surface area contributed by atoms with Crippen molar-refractivity contribution >= 4 is 38.4 Å². The topological polar surface area (TPSA) is 109 Å². The molecule has 4 heterocycles. The minimum atomic E-state index is -0.878. The van der Waals surface area contributed by atoms with Crippen molar-refractivity contribution in [2.45, 2.75) is 50.1 Å². The number of nitriles is 1. The molecule has 0 saturated carbocycles. The van der Waals surface area contributed by atoms with Crippen LogP contribution < -0.4 is 14.5 Å². The van der Waals surface area contributed by atoms with Crippen molar-refractivity contribution < 1.29 is 19.0 Å². The quantitative estimate of drug-likeness (QED) is 0.294. The fourth-order valence-corrected chi connectivity index (χ4v) is 7.25. The number of amides is 1. The molecule has 46 heavy (non-hydrogen) atoms. The molecule has 0 unspecified atom stereocenters. The normalized spacial score (nSPS) is 22.7. The summed E-state index contributed by atoms with van der Waals surface area (Å²) in [4.78, 5) is 30.9. The number of rotatable bonds is 8. The first-order valence-electron chi connectivity index (χ1n) is 15.8. The average molecular weight is 641 g/mol. The molecule has 3 radical (unpaired) electrons. The lowest BCUT2D eigenvalue weighted by Gasteiger charge is -2.43. The van der Waals surface area contributed by atoms with Crippen LogP contribution in [0.15, 0.2) is 48.6 Å². The highest BCUT2D eigenvalue weighted by atomic mass is 28.1. The van der Waals surface area contributed by atoms with Gasteiger partial charge in [-0.3, -0.25) is 9.69 Å². The van der Waals surface area contributed by atoms with Crippen molar-refractivity contribution in [3.8, 4) is 12.1 Å². The maximum atomic E-state index is 14.1. The van der Waals surface area contributed by atoms with E-state index >= 15 is 0 Å². The van der Waals surface area contributed by atoms with Crippen LogP contribution in [0.3, 0.4) is 0 Å². The number of fused-ring (bicyclic) bond motifs is 2. The maximum absolute atomic E-state index is 14.1. The van der Waals surface area contributed by atoms with Crippen molar-refractivity contribution in [1.82, 2.24) is 19.8 Å². The van der Waals surface area contributed by atoms with Gasteiger partial charge in [-0.2, -0.15) is 15.2 Å². The fraction of sp³-hybridized carbons (Fsp3) is 0.471. The van der Waals surface area contributed by atoms with E-state index in [1.807, 2.05) is 11.9 Å². The number of ether oxygens (including phenoxy) is 1. The molecular weight excluding hydrogens is 602 g/mol. The van der Waals surface area contributed by atoms with E-state index in [-0.39, 0.29) is 31.2 Å². The van der Waals surface area contributed by atoms with Gasteiger partial charge in [0.15, 0.2) is 0 Å². The van der Waals surface area contributed by atoms with Crippen molar-refractivity contribution in [3.05, 3.63) is 65.4 Å². The summed E-state index contributed by atoms with van der Waals surface area (Å²) in [6.07, 6.45) is 2.99. The number of carbonyl (C=O) groups excluding carboxylic acids is 1. The van der Waals surface area contributed by atoms with Crippen LogP contribution in [0, 0.1) is 18.3 Å². The van der Waals surface area contributed by atoms with Crippen molar-refractivity contribution in [3.63, 3.8) is 0 Å². The number of nitrogens with zero attached hydrogens (tertiary/aromatic N) is 7. The zero-order valence-electron chi connectivity index (χ0n) is 26.3. The van der Waals surface area contributed by atoms with Crippen LogP contribution in [0.25, 0.3) is 10.8 Å². The summed E-state index contributed by atoms with van der Waals surface area (Å²) in [7, 11) is 5.45. The first-order valence-corrected chi connectivity index (χ1v) is 16.4. The zero-order chi connectivity index (χ0) is 32.4. The lowest BCUT2D eigenvalue weighted by atomic mass is 9.99. The van der Waals surface area contributed by atoms with E-state index in [4.69, 9.17) is 14.7 Å². The lowest BCUT2D eigenvalue weighted by molar-refractivity contribution is -0.128. The second-order valence-electron chi connectivity index (χ2n) is 12.4. The summed E-state index contributed by atoms with van der Waals surface area (Å²) in [6, 6.07) is 14.7. The second kappa shape index (κ2) is 13.7. The van der Waals surface area contributed by atoms with Gasteiger partial charge in [-0.25, -0.2) is 4.39 Å². The van der Waals surface area contributed by atoms with E-state index in [9.17, 15) is 19.6 Å². The summed E-state index contributed by atoms with van der Waals surface area (Å²) in [6.45, 7) is 5.16. The van der Waals surface area contributed by atoms with Gasteiger partial charge in [0, 0.05) is 61.5 Å². The van der Waals surface area contributed by atoms with Gasteiger partial charge in [-0.15, -0.1) is 0 Å². The Balaban J connectivity index is 1.34. The molecule has 12 heteroatoms. The third kappa shape index (κ3) is 6.45. The zero-order valence-corrected chi connectivity index (χ0v) is 27.3. The van der Waals surface area contributed by atoms with Crippen LogP contribution in [0.1, 0.15) is 23.2 Å². The summed E-state index contributed by atoms with van der Waals surface area (Å²) in [5, 5.41) is 21.4. The Morgan fingerprint density at radius 3 is 2.74 bits per heavy atom. The highest BCUT2D eigenvalue weighted by Gasteiger charge is 2.36. The van der Waals surface area contributed by atoms with Gasteiger partial charge in [0.1, 0.15) is 18.6 Å². The van der Waals surface area contributed by atoms with Gasteiger partial charge >= 0.3 is 6.01 Å². The molecule has 239 valence electrons. The summed E-state index contributed by atoms with van der Waals surface area (Å²) >= 11 is 0. The number of likely N-dealkylation sites (tertiary alicyclic amines) is 1. The molecule has 1 aromatic heterocycles. The number of aliphatic hydroxyl groups is 1. The molecule has 1 N–H and O–H groups in total. The van der Waals surface area contributed by atoms with E-state index < -0.39 is 17.8 Å². The van der Waals surface area contributed by atoms with Crippen molar-refractivity contribution in [2.24, 2.45) is 0 Å². The Hall–Kier alpha value is -4.05. The summed E-state index contributed by atoms with van der Waals surface area (Å²) in [5.41, 5.74) is 3.66. The van der Waals surface area contributed by atoms with Crippen LogP contribution in [-0.2, 0) is 17.8 Å². The number of carbonyl (C=O) groups is 1. The molecule has 2 aromatic carbocycles. The van der Waals surface area contributed by atoms with Crippen LogP contribution in [0.5, 0.6) is 6.01 Å². The molecule has 2 saturated heterocycles. The van der Waals surface area contributed by atoms with Crippen LogP contribution >= 0.6 is 0 Å². The molecule has 1 amide bonds. The smallest absolute Gasteiger partial charge is 0.318 e. The van der Waals surface area contributed by atoms with Crippen molar-refractivity contribution in [2.75, 3.05) is 62.8 Å². The summed E-state index contributed by atoms with van der Waals surface area (Å²) in [5.74, 6) is 0.496. The summed E-state index contributed by atoms with van der Waals surface area (Å²) < 4.78 is 20.3. The average Bonchev–Trinajstić information content (AvgIpc) is 3.40. The van der Waals surface area contributed by atoms with Crippen LogP contribution in [-0.4, -0.2) is 112 Å². The fourth-order valence-electron chi connectivity index (χ4n) is 6.96. The molecule has 0 bridgehead atoms. The molecule has 0 spiro atoms. The molecule has 10 nitrogen and oxygen atoms in total. The number of benzene rings is 2. The maximum Gasteiger partial charge on any atom is 0.318 e. The van der Waals surface area contributed by atoms with E-state index in [0.717, 1.165) is 29.3 Å². The molecule has 3 aliphatic heterocycles. The first-order chi connectivity index (χ1) is 22.3. The number of hydrogen-bond donors (Lipinski definition) is 1. The Kier molecular flexibility index (Phi) is 9.54. The van der Waals surface area contributed by atoms with Crippen molar-refractivity contribution in [1.29, 1.82) is 5.26 Å². The number of aryl methyl sites for hydroxylation is 1.